The predicted molar refractivity (Wildman–Crippen MR) is 81.3 cm³/mol. The Hall–Kier alpha value is -1.65. The van der Waals surface area contributed by atoms with Crippen LogP contribution in [0, 0.1) is 6.92 Å². The van der Waals surface area contributed by atoms with Crippen molar-refractivity contribution in [3.05, 3.63) is 65.2 Å². The van der Waals surface area contributed by atoms with Gasteiger partial charge in [-0.25, -0.2) is 8.42 Å². The SMILES string of the molecule is Cc1cccc(CNCc2ccc(S(C)(=O)=O)cc2)c1. The maximum Gasteiger partial charge on any atom is 0.175 e. The highest BCUT2D eigenvalue weighted by Crippen LogP contribution is 2.10. The zero-order chi connectivity index (χ0) is 14.6. The Balaban J connectivity index is 1.92. The average Bonchev–Trinajstić information content (AvgIpc) is 2.38. The number of hydrogen-bond donors (Lipinski definition) is 1. The maximum absolute atomic E-state index is 11.4. The van der Waals surface area contributed by atoms with Crippen LogP contribution in [0.2, 0.25) is 0 Å². The van der Waals surface area contributed by atoms with Crippen molar-refractivity contribution in [3.8, 4) is 0 Å². The lowest BCUT2D eigenvalue weighted by Crippen LogP contribution is -2.12. The first kappa shape index (κ1) is 14.8. The molecule has 2 aromatic carbocycles. The van der Waals surface area contributed by atoms with Crippen LogP contribution in [0.5, 0.6) is 0 Å². The topological polar surface area (TPSA) is 46.2 Å². The van der Waals surface area contributed by atoms with Crippen LogP contribution in [0.3, 0.4) is 0 Å². The normalized spacial score (nSPS) is 11.5. The Labute approximate surface area is 120 Å². The molecule has 4 heteroatoms. The zero-order valence-corrected chi connectivity index (χ0v) is 12.6. The molecule has 0 amide bonds. The second-order valence-corrected chi connectivity index (χ2v) is 7.02. The van der Waals surface area contributed by atoms with Crippen molar-refractivity contribution < 1.29 is 8.42 Å². The van der Waals surface area contributed by atoms with Gasteiger partial charge in [-0.15, -0.1) is 0 Å². The average molecular weight is 289 g/mol. The van der Waals surface area contributed by atoms with Crippen LogP contribution in [-0.4, -0.2) is 14.7 Å². The van der Waals surface area contributed by atoms with E-state index in [4.69, 9.17) is 0 Å². The highest BCUT2D eigenvalue weighted by Gasteiger charge is 2.05. The predicted octanol–water partition coefficient (Wildman–Crippen LogP) is 2.69. The largest absolute Gasteiger partial charge is 0.309 e. The fraction of sp³-hybridized carbons (Fsp3) is 0.250. The van der Waals surface area contributed by atoms with Crippen molar-refractivity contribution in [1.29, 1.82) is 0 Å². The van der Waals surface area contributed by atoms with Crippen molar-refractivity contribution in [3.63, 3.8) is 0 Å². The molecule has 0 unspecified atom stereocenters. The van der Waals surface area contributed by atoms with Gasteiger partial charge < -0.3 is 5.32 Å². The molecule has 106 valence electrons. The van der Waals surface area contributed by atoms with Gasteiger partial charge in [-0.2, -0.15) is 0 Å². The quantitative estimate of drug-likeness (QED) is 0.920. The molecule has 0 heterocycles. The molecule has 0 aliphatic carbocycles. The molecule has 2 aromatic rings. The molecule has 1 N–H and O–H groups in total. The number of nitrogens with one attached hydrogen (secondary N) is 1. The Kier molecular flexibility index (Phi) is 4.57. The summed E-state index contributed by atoms with van der Waals surface area (Å²) in [5.41, 5.74) is 3.57. The molecule has 0 aliphatic rings. The zero-order valence-electron chi connectivity index (χ0n) is 11.8. The molecule has 0 aliphatic heterocycles. The molecule has 3 nitrogen and oxygen atoms in total. The monoisotopic (exact) mass is 289 g/mol. The van der Waals surface area contributed by atoms with Crippen molar-refractivity contribution in [2.75, 3.05) is 6.26 Å². The minimum absolute atomic E-state index is 0.361. The van der Waals surface area contributed by atoms with Gasteiger partial charge >= 0.3 is 0 Å². The number of aryl methyl sites for hydroxylation is 1. The third-order valence-electron chi connectivity index (χ3n) is 3.09. The molecule has 0 saturated carbocycles. The van der Waals surface area contributed by atoms with E-state index in [2.05, 4.69) is 30.4 Å². The molecule has 0 radical (unpaired) electrons. The molecule has 0 bridgehead atoms. The van der Waals surface area contributed by atoms with E-state index in [0.717, 1.165) is 18.7 Å². The summed E-state index contributed by atoms with van der Waals surface area (Å²) < 4.78 is 22.7. The Morgan fingerprint density at radius 2 is 1.60 bits per heavy atom. The van der Waals surface area contributed by atoms with Crippen LogP contribution in [0.25, 0.3) is 0 Å². The summed E-state index contributed by atoms with van der Waals surface area (Å²) in [6, 6.07) is 15.4. The molecule has 0 saturated heterocycles. The summed E-state index contributed by atoms with van der Waals surface area (Å²) in [7, 11) is -3.11. The molecule has 0 atom stereocenters. The van der Waals surface area contributed by atoms with Gasteiger partial charge in [0.25, 0.3) is 0 Å². The fourth-order valence-corrected chi connectivity index (χ4v) is 2.66. The van der Waals surface area contributed by atoms with E-state index in [-0.39, 0.29) is 0 Å². The number of hydrogen-bond acceptors (Lipinski definition) is 3. The van der Waals surface area contributed by atoms with Gasteiger partial charge in [0.2, 0.25) is 0 Å². The molecule has 2 rings (SSSR count). The van der Waals surface area contributed by atoms with Gasteiger partial charge in [0.15, 0.2) is 9.84 Å². The van der Waals surface area contributed by atoms with E-state index in [1.807, 2.05) is 18.2 Å². The summed E-state index contributed by atoms with van der Waals surface area (Å²) in [6.07, 6.45) is 1.22. The van der Waals surface area contributed by atoms with Crippen LogP contribution in [0.1, 0.15) is 16.7 Å². The molecule has 0 aromatic heterocycles. The summed E-state index contributed by atoms with van der Waals surface area (Å²) in [4.78, 5) is 0.361. The first-order valence-corrected chi connectivity index (χ1v) is 8.39. The van der Waals surface area contributed by atoms with Crippen LogP contribution in [0.4, 0.5) is 0 Å². The second kappa shape index (κ2) is 6.20. The van der Waals surface area contributed by atoms with Crippen LogP contribution in [-0.2, 0) is 22.9 Å². The summed E-state index contributed by atoms with van der Waals surface area (Å²) >= 11 is 0. The van der Waals surface area contributed by atoms with Gasteiger partial charge in [0, 0.05) is 19.3 Å². The smallest absolute Gasteiger partial charge is 0.175 e. The highest BCUT2D eigenvalue weighted by molar-refractivity contribution is 7.90. The first-order chi connectivity index (χ1) is 9.45. The molecule has 0 spiro atoms. The summed E-state index contributed by atoms with van der Waals surface area (Å²) in [5.74, 6) is 0. The molecular formula is C16H19NO2S. The molecule has 0 fully saturated rings. The van der Waals surface area contributed by atoms with Crippen LogP contribution in [0.15, 0.2) is 53.4 Å². The van der Waals surface area contributed by atoms with Crippen LogP contribution >= 0.6 is 0 Å². The van der Waals surface area contributed by atoms with Crippen LogP contribution < -0.4 is 5.32 Å². The highest BCUT2D eigenvalue weighted by atomic mass is 32.2. The Bertz CT molecular complexity index is 676. The maximum atomic E-state index is 11.4. The van der Waals surface area contributed by atoms with Gasteiger partial charge in [-0.3, -0.25) is 0 Å². The minimum atomic E-state index is -3.11. The number of sulfone groups is 1. The molecule has 20 heavy (non-hydrogen) atoms. The first-order valence-electron chi connectivity index (χ1n) is 6.50. The lowest BCUT2D eigenvalue weighted by Gasteiger charge is -2.06. The Morgan fingerprint density at radius 1 is 0.950 bits per heavy atom. The van der Waals surface area contributed by atoms with Gasteiger partial charge in [-0.1, -0.05) is 42.0 Å². The molecular weight excluding hydrogens is 270 g/mol. The second-order valence-electron chi connectivity index (χ2n) is 5.01. The van der Waals surface area contributed by atoms with Crippen molar-refractivity contribution in [2.45, 2.75) is 24.9 Å². The van der Waals surface area contributed by atoms with Crippen molar-refractivity contribution in [1.82, 2.24) is 5.32 Å². The van der Waals surface area contributed by atoms with E-state index in [9.17, 15) is 8.42 Å². The van der Waals surface area contributed by atoms with Crippen molar-refractivity contribution in [2.24, 2.45) is 0 Å². The van der Waals surface area contributed by atoms with Gasteiger partial charge in [-0.05, 0) is 30.2 Å². The van der Waals surface area contributed by atoms with E-state index in [1.165, 1.54) is 17.4 Å². The number of rotatable bonds is 5. The fourth-order valence-electron chi connectivity index (χ4n) is 2.03. The lowest BCUT2D eigenvalue weighted by molar-refractivity contribution is 0.602. The van der Waals surface area contributed by atoms with E-state index >= 15 is 0 Å². The standard InChI is InChI=1S/C16H19NO2S/c1-13-4-3-5-15(10-13)12-17-11-14-6-8-16(9-7-14)20(2,18)19/h3-10,17H,11-12H2,1-2H3. The van der Waals surface area contributed by atoms with E-state index < -0.39 is 9.84 Å². The summed E-state index contributed by atoms with van der Waals surface area (Å²) in [5, 5.41) is 3.35. The van der Waals surface area contributed by atoms with E-state index in [0.29, 0.717) is 4.90 Å². The van der Waals surface area contributed by atoms with Crippen molar-refractivity contribution >= 4 is 9.84 Å². The lowest BCUT2D eigenvalue weighted by atomic mass is 10.1. The number of benzene rings is 2. The Morgan fingerprint density at radius 3 is 2.20 bits per heavy atom. The van der Waals surface area contributed by atoms with Gasteiger partial charge in [0.05, 0.1) is 4.90 Å². The third-order valence-corrected chi connectivity index (χ3v) is 4.22. The van der Waals surface area contributed by atoms with Gasteiger partial charge in [0.1, 0.15) is 0 Å². The van der Waals surface area contributed by atoms with E-state index in [1.54, 1.807) is 12.1 Å². The minimum Gasteiger partial charge on any atom is -0.309 e. The third kappa shape index (κ3) is 4.18. The summed E-state index contributed by atoms with van der Waals surface area (Å²) in [6.45, 7) is 3.60.